The molecule has 0 radical (unpaired) electrons. The molecule has 1 N–H and O–H groups in total. The van der Waals surface area contributed by atoms with Crippen molar-refractivity contribution >= 4 is 24.5 Å². The van der Waals surface area contributed by atoms with Gasteiger partial charge in [-0.3, -0.25) is 0 Å². The summed E-state index contributed by atoms with van der Waals surface area (Å²) >= 11 is 0. The minimum absolute atomic E-state index is 0. The molecule has 0 aromatic heterocycles. The summed E-state index contributed by atoms with van der Waals surface area (Å²) in [7, 11) is 0. The molecule has 3 rings (SSSR count). The number of benzene rings is 1. The maximum Gasteiger partial charge on any atom is 0.335 e. The molecular formula is C14H12ClNO2. The number of rotatable bonds is 1. The molecular weight excluding hydrogens is 250 g/mol. The monoisotopic (exact) mass is 261 g/mol. The average Bonchev–Trinajstić information content (AvgIpc) is 2.35. The number of aliphatic carboxylic acids is 1. The summed E-state index contributed by atoms with van der Waals surface area (Å²) in [6.07, 6.45) is 7.18. The first-order chi connectivity index (χ1) is 8.24. The van der Waals surface area contributed by atoms with Crippen LogP contribution in [0.2, 0.25) is 0 Å². The van der Waals surface area contributed by atoms with E-state index in [-0.39, 0.29) is 12.4 Å². The quantitative estimate of drug-likeness (QED) is 0.845. The Labute approximate surface area is 111 Å². The Morgan fingerprint density at radius 3 is 2.78 bits per heavy atom. The molecule has 0 aliphatic carbocycles. The van der Waals surface area contributed by atoms with Gasteiger partial charge in [0.15, 0.2) is 0 Å². The summed E-state index contributed by atoms with van der Waals surface area (Å²) in [5, 5.41) is 8.96. The van der Waals surface area contributed by atoms with E-state index >= 15 is 0 Å². The van der Waals surface area contributed by atoms with Crippen molar-refractivity contribution in [1.82, 2.24) is 4.90 Å². The Hall–Kier alpha value is -2.00. The van der Waals surface area contributed by atoms with Crippen molar-refractivity contribution in [2.45, 2.75) is 6.54 Å². The molecule has 2 aliphatic rings. The molecule has 0 bridgehead atoms. The van der Waals surface area contributed by atoms with Gasteiger partial charge >= 0.3 is 5.97 Å². The summed E-state index contributed by atoms with van der Waals surface area (Å²) in [5.74, 6) is -0.888. The Morgan fingerprint density at radius 2 is 2.00 bits per heavy atom. The van der Waals surface area contributed by atoms with Gasteiger partial charge in [-0.15, -0.1) is 12.4 Å². The minimum Gasteiger partial charge on any atom is -0.478 e. The van der Waals surface area contributed by atoms with Crippen molar-refractivity contribution in [3.05, 3.63) is 65.0 Å². The lowest BCUT2D eigenvalue weighted by atomic mass is 9.99. The van der Waals surface area contributed by atoms with Crippen LogP contribution in [-0.4, -0.2) is 16.0 Å². The lowest BCUT2D eigenvalue weighted by molar-refractivity contribution is -0.132. The number of carbonyl (C=O) groups is 1. The van der Waals surface area contributed by atoms with Gasteiger partial charge in [0.1, 0.15) is 0 Å². The first kappa shape index (κ1) is 12.5. The van der Waals surface area contributed by atoms with Crippen molar-refractivity contribution in [2.75, 3.05) is 0 Å². The zero-order valence-corrected chi connectivity index (χ0v) is 10.4. The van der Waals surface area contributed by atoms with E-state index < -0.39 is 5.97 Å². The Morgan fingerprint density at radius 1 is 1.22 bits per heavy atom. The number of fused-ring (bicyclic) bond motifs is 2. The molecule has 18 heavy (non-hydrogen) atoms. The van der Waals surface area contributed by atoms with Gasteiger partial charge in [0.05, 0.1) is 5.57 Å². The predicted molar refractivity (Wildman–Crippen MR) is 72.1 cm³/mol. The van der Waals surface area contributed by atoms with Crippen LogP contribution < -0.4 is 0 Å². The second-order valence-electron chi connectivity index (χ2n) is 4.12. The summed E-state index contributed by atoms with van der Waals surface area (Å²) in [4.78, 5) is 13.0. The Balaban J connectivity index is 0.00000120. The van der Waals surface area contributed by atoms with Gasteiger partial charge in [0, 0.05) is 18.4 Å². The van der Waals surface area contributed by atoms with E-state index in [1.54, 1.807) is 12.2 Å². The zero-order valence-electron chi connectivity index (χ0n) is 9.54. The third kappa shape index (κ3) is 2.05. The number of halogens is 1. The van der Waals surface area contributed by atoms with E-state index in [1.165, 1.54) is 5.56 Å². The summed E-state index contributed by atoms with van der Waals surface area (Å²) in [6.45, 7) is 0.794. The number of hydrogen-bond acceptors (Lipinski definition) is 2. The van der Waals surface area contributed by atoms with Gasteiger partial charge in [0.2, 0.25) is 0 Å². The maximum atomic E-state index is 10.9. The molecule has 0 spiro atoms. The smallest absolute Gasteiger partial charge is 0.335 e. The van der Waals surface area contributed by atoms with Crippen LogP contribution in [0.3, 0.4) is 0 Å². The van der Waals surface area contributed by atoms with E-state index in [0.717, 1.165) is 17.8 Å². The van der Waals surface area contributed by atoms with Gasteiger partial charge < -0.3 is 10.0 Å². The average molecular weight is 262 g/mol. The van der Waals surface area contributed by atoms with Crippen LogP contribution >= 0.6 is 12.4 Å². The van der Waals surface area contributed by atoms with Crippen molar-refractivity contribution in [2.24, 2.45) is 0 Å². The highest BCUT2D eigenvalue weighted by Crippen LogP contribution is 2.28. The first-order valence-electron chi connectivity index (χ1n) is 5.43. The fraction of sp³-hybridized carbons (Fsp3) is 0.0714. The SMILES string of the molecule is Cl.O=C(O)C1=CC2=Cc3ccccc3CN2C=C1. The first-order valence-corrected chi connectivity index (χ1v) is 5.43. The molecule has 92 valence electrons. The van der Waals surface area contributed by atoms with Gasteiger partial charge in [-0.2, -0.15) is 0 Å². The topological polar surface area (TPSA) is 40.5 Å². The third-order valence-electron chi connectivity index (χ3n) is 3.02. The van der Waals surface area contributed by atoms with Crippen LogP contribution in [0.15, 0.2) is 53.9 Å². The molecule has 1 aromatic carbocycles. The van der Waals surface area contributed by atoms with Crippen LogP contribution in [0.1, 0.15) is 11.1 Å². The van der Waals surface area contributed by atoms with Crippen LogP contribution in [0.5, 0.6) is 0 Å². The second kappa shape index (κ2) is 4.70. The molecule has 0 saturated carbocycles. The molecule has 0 fully saturated rings. The highest BCUT2D eigenvalue weighted by Gasteiger charge is 2.19. The Bertz CT molecular complexity index is 587. The normalized spacial score (nSPS) is 15.9. The van der Waals surface area contributed by atoms with E-state index in [9.17, 15) is 4.79 Å². The van der Waals surface area contributed by atoms with Gasteiger partial charge in [-0.25, -0.2) is 4.79 Å². The van der Waals surface area contributed by atoms with Crippen molar-refractivity contribution < 1.29 is 9.90 Å². The van der Waals surface area contributed by atoms with Crippen molar-refractivity contribution in [1.29, 1.82) is 0 Å². The number of allylic oxidation sites excluding steroid dienone is 1. The minimum atomic E-state index is -0.888. The van der Waals surface area contributed by atoms with Crippen LogP contribution in [0.25, 0.3) is 6.08 Å². The van der Waals surface area contributed by atoms with Crippen LogP contribution in [0.4, 0.5) is 0 Å². The molecule has 0 unspecified atom stereocenters. The number of carboxylic acid groups (broad SMARTS) is 1. The standard InChI is InChI=1S/C14H11NO2.ClH/c16-14(17)11-5-6-15-9-12-4-2-1-3-10(12)7-13(15)8-11;/h1-8H,9H2,(H,16,17);1H. The van der Waals surface area contributed by atoms with Crippen molar-refractivity contribution in [3.63, 3.8) is 0 Å². The second-order valence-corrected chi connectivity index (χ2v) is 4.12. The lowest BCUT2D eigenvalue weighted by Crippen LogP contribution is -2.22. The molecule has 1 aromatic rings. The van der Waals surface area contributed by atoms with E-state index in [2.05, 4.69) is 11.0 Å². The summed E-state index contributed by atoms with van der Waals surface area (Å²) in [5.41, 5.74) is 3.68. The van der Waals surface area contributed by atoms with E-state index in [1.807, 2.05) is 30.5 Å². The lowest BCUT2D eigenvalue weighted by Gasteiger charge is -2.29. The fourth-order valence-corrected chi connectivity index (χ4v) is 2.11. The summed E-state index contributed by atoms with van der Waals surface area (Å²) < 4.78 is 0. The van der Waals surface area contributed by atoms with Gasteiger partial charge in [0.25, 0.3) is 0 Å². The highest BCUT2D eigenvalue weighted by molar-refractivity contribution is 5.91. The molecule has 2 heterocycles. The van der Waals surface area contributed by atoms with Gasteiger partial charge in [-0.1, -0.05) is 24.3 Å². The molecule has 0 saturated heterocycles. The zero-order chi connectivity index (χ0) is 11.8. The summed E-state index contributed by atoms with van der Waals surface area (Å²) in [6, 6.07) is 8.15. The number of carboxylic acids is 1. The number of hydrogen-bond donors (Lipinski definition) is 1. The Kier molecular flexibility index (Phi) is 3.26. The fourth-order valence-electron chi connectivity index (χ4n) is 2.11. The maximum absolute atomic E-state index is 10.9. The molecule has 3 nitrogen and oxygen atoms in total. The molecule has 2 aliphatic heterocycles. The van der Waals surface area contributed by atoms with Gasteiger partial charge in [-0.05, 0) is 29.4 Å². The van der Waals surface area contributed by atoms with Crippen molar-refractivity contribution in [3.8, 4) is 0 Å². The van der Waals surface area contributed by atoms with Crippen LogP contribution in [0, 0.1) is 0 Å². The molecule has 0 atom stereocenters. The third-order valence-corrected chi connectivity index (χ3v) is 3.02. The molecule has 0 amide bonds. The predicted octanol–water partition coefficient (Wildman–Crippen LogP) is 2.80. The van der Waals surface area contributed by atoms with Crippen LogP contribution in [-0.2, 0) is 11.3 Å². The number of nitrogens with zero attached hydrogens (tertiary/aromatic N) is 1. The van der Waals surface area contributed by atoms with E-state index in [4.69, 9.17) is 5.11 Å². The largest absolute Gasteiger partial charge is 0.478 e. The highest BCUT2D eigenvalue weighted by atomic mass is 35.5. The van der Waals surface area contributed by atoms with E-state index in [0.29, 0.717) is 5.57 Å². The molecule has 4 heteroatoms.